The number of hydrogen-bond donors (Lipinski definition) is 0. The maximum atomic E-state index is 11.7. The molecular weight excluding hydrogens is 318 g/mol. The van der Waals surface area contributed by atoms with Crippen LogP contribution < -0.4 is 9.80 Å². The van der Waals surface area contributed by atoms with Gasteiger partial charge in [-0.05, 0) is 44.5 Å². The van der Waals surface area contributed by atoms with Gasteiger partial charge in [-0.2, -0.15) is 5.10 Å². The Balaban J connectivity index is 1.64. The minimum absolute atomic E-state index is 0.332. The molecule has 0 bridgehead atoms. The van der Waals surface area contributed by atoms with E-state index in [4.69, 9.17) is 4.74 Å². The van der Waals surface area contributed by atoms with Crippen LogP contribution in [0.2, 0.25) is 0 Å². The van der Waals surface area contributed by atoms with E-state index >= 15 is 0 Å². The minimum Gasteiger partial charge on any atom is -0.462 e. The van der Waals surface area contributed by atoms with Crippen molar-refractivity contribution in [1.82, 2.24) is 15.2 Å². The molecular formula is C18H23N5O2. The Morgan fingerprint density at radius 1 is 1.04 bits per heavy atom. The van der Waals surface area contributed by atoms with E-state index in [9.17, 15) is 4.79 Å². The van der Waals surface area contributed by atoms with E-state index in [-0.39, 0.29) is 5.97 Å². The lowest BCUT2D eigenvalue weighted by Crippen LogP contribution is -2.31. The van der Waals surface area contributed by atoms with E-state index < -0.39 is 0 Å². The molecule has 2 aromatic rings. The summed E-state index contributed by atoms with van der Waals surface area (Å²) in [4.78, 5) is 20.6. The molecule has 1 aliphatic heterocycles. The van der Waals surface area contributed by atoms with Gasteiger partial charge in [-0.15, -0.1) is 5.10 Å². The first-order valence-electron chi connectivity index (χ1n) is 8.61. The number of nitrogens with zero attached hydrogens (tertiary/aromatic N) is 5. The number of pyridine rings is 1. The highest BCUT2D eigenvalue weighted by Gasteiger charge is 2.18. The summed E-state index contributed by atoms with van der Waals surface area (Å²) in [6, 6.07) is 7.66. The number of ether oxygens (including phenoxy) is 1. The Hall–Kier alpha value is -2.70. The molecule has 132 valence electrons. The minimum atomic E-state index is -0.332. The topological polar surface area (TPSA) is 71.5 Å². The Bertz CT molecular complexity index is 702. The molecule has 7 heteroatoms. The maximum Gasteiger partial charge on any atom is 0.339 e. The molecule has 7 nitrogen and oxygen atoms in total. The molecule has 0 atom stereocenters. The number of carbonyl (C=O) groups is 1. The number of hydrogen-bond acceptors (Lipinski definition) is 7. The van der Waals surface area contributed by atoms with Crippen molar-refractivity contribution < 1.29 is 9.53 Å². The van der Waals surface area contributed by atoms with E-state index in [1.54, 1.807) is 19.2 Å². The maximum absolute atomic E-state index is 11.7. The molecule has 3 rings (SSSR count). The first-order valence-corrected chi connectivity index (χ1v) is 8.61. The lowest BCUT2D eigenvalue weighted by molar-refractivity contribution is 0.0526. The van der Waals surface area contributed by atoms with Crippen molar-refractivity contribution in [3.63, 3.8) is 0 Å². The second kappa shape index (κ2) is 7.92. The highest BCUT2D eigenvalue weighted by molar-refractivity contribution is 5.89. The summed E-state index contributed by atoms with van der Waals surface area (Å²) in [7, 11) is 0. The average Bonchev–Trinajstić information content (AvgIpc) is 2.89. The molecule has 0 amide bonds. The summed E-state index contributed by atoms with van der Waals surface area (Å²) in [6.07, 6.45) is 2.60. The van der Waals surface area contributed by atoms with Gasteiger partial charge in [-0.3, -0.25) is 0 Å². The van der Waals surface area contributed by atoms with Gasteiger partial charge in [0.2, 0.25) is 0 Å². The zero-order valence-electron chi connectivity index (χ0n) is 14.7. The van der Waals surface area contributed by atoms with Crippen molar-refractivity contribution in [3.05, 3.63) is 41.7 Å². The normalized spacial score (nSPS) is 15.0. The molecule has 1 fully saturated rings. The molecule has 0 saturated carbocycles. The molecule has 0 aliphatic carbocycles. The van der Waals surface area contributed by atoms with Crippen LogP contribution in [0.4, 0.5) is 11.6 Å². The largest absolute Gasteiger partial charge is 0.462 e. The van der Waals surface area contributed by atoms with Crippen LogP contribution in [0.5, 0.6) is 0 Å². The van der Waals surface area contributed by atoms with Crippen molar-refractivity contribution in [2.45, 2.75) is 20.3 Å². The van der Waals surface area contributed by atoms with Crippen molar-refractivity contribution in [3.8, 4) is 0 Å². The number of carbonyl (C=O) groups excluding carboxylic acids is 1. The number of anilines is 2. The van der Waals surface area contributed by atoms with E-state index in [1.807, 2.05) is 25.1 Å². The van der Waals surface area contributed by atoms with Crippen molar-refractivity contribution in [2.75, 3.05) is 42.6 Å². The molecule has 25 heavy (non-hydrogen) atoms. The Kier molecular flexibility index (Phi) is 5.42. The van der Waals surface area contributed by atoms with Crippen LogP contribution in [0, 0.1) is 6.92 Å². The van der Waals surface area contributed by atoms with Gasteiger partial charge in [0.1, 0.15) is 5.82 Å². The number of aromatic nitrogens is 3. The van der Waals surface area contributed by atoms with E-state index in [0.29, 0.717) is 12.2 Å². The van der Waals surface area contributed by atoms with Crippen LogP contribution in [0.1, 0.15) is 29.4 Å². The highest BCUT2D eigenvalue weighted by Crippen LogP contribution is 2.17. The highest BCUT2D eigenvalue weighted by atomic mass is 16.5. The van der Waals surface area contributed by atoms with Crippen molar-refractivity contribution in [1.29, 1.82) is 0 Å². The molecule has 0 radical (unpaired) electrons. The lowest BCUT2D eigenvalue weighted by atomic mass is 10.2. The van der Waals surface area contributed by atoms with Gasteiger partial charge in [0.15, 0.2) is 5.82 Å². The monoisotopic (exact) mass is 341 g/mol. The SMILES string of the molecule is CCOC(=O)c1ccc(N2CCCN(c3ccc(C)nn3)CC2)nc1. The fourth-order valence-corrected chi connectivity index (χ4v) is 2.84. The zero-order valence-corrected chi connectivity index (χ0v) is 14.7. The zero-order chi connectivity index (χ0) is 17.6. The number of aryl methyl sites for hydroxylation is 1. The second-order valence-electron chi connectivity index (χ2n) is 5.99. The van der Waals surface area contributed by atoms with Crippen LogP contribution in [0.25, 0.3) is 0 Å². The number of esters is 1. The summed E-state index contributed by atoms with van der Waals surface area (Å²) >= 11 is 0. The van der Waals surface area contributed by atoms with E-state index in [2.05, 4.69) is 25.0 Å². The van der Waals surface area contributed by atoms with Gasteiger partial charge < -0.3 is 14.5 Å². The van der Waals surface area contributed by atoms with Gasteiger partial charge in [-0.25, -0.2) is 9.78 Å². The third-order valence-electron chi connectivity index (χ3n) is 4.19. The van der Waals surface area contributed by atoms with Gasteiger partial charge in [-0.1, -0.05) is 0 Å². The summed E-state index contributed by atoms with van der Waals surface area (Å²) in [5, 5.41) is 8.42. The smallest absolute Gasteiger partial charge is 0.339 e. The Labute approximate surface area is 147 Å². The molecule has 1 aliphatic rings. The van der Waals surface area contributed by atoms with E-state index in [0.717, 1.165) is 49.9 Å². The summed E-state index contributed by atoms with van der Waals surface area (Å²) in [5.74, 6) is 1.46. The Morgan fingerprint density at radius 3 is 2.36 bits per heavy atom. The quantitative estimate of drug-likeness (QED) is 0.788. The van der Waals surface area contributed by atoms with Crippen molar-refractivity contribution >= 4 is 17.6 Å². The Morgan fingerprint density at radius 2 is 1.76 bits per heavy atom. The fourth-order valence-electron chi connectivity index (χ4n) is 2.84. The third-order valence-corrected chi connectivity index (χ3v) is 4.19. The predicted octanol–water partition coefficient (Wildman–Crippen LogP) is 2.07. The summed E-state index contributed by atoms with van der Waals surface area (Å²) < 4.78 is 4.99. The van der Waals surface area contributed by atoms with Crippen LogP contribution >= 0.6 is 0 Å². The van der Waals surface area contributed by atoms with E-state index in [1.165, 1.54) is 0 Å². The molecule has 0 N–H and O–H groups in total. The molecule has 3 heterocycles. The lowest BCUT2D eigenvalue weighted by Gasteiger charge is -2.23. The van der Waals surface area contributed by atoms with Crippen LogP contribution in [0.15, 0.2) is 30.5 Å². The van der Waals surface area contributed by atoms with Gasteiger partial charge >= 0.3 is 5.97 Å². The molecule has 0 unspecified atom stereocenters. The molecule has 0 aromatic carbocycles. The molecule has 2 aromatic heterocycles. The standard InChI is InChI=1S/C18H23N5O2/c1-3-25-18(24)15-6-8-16(19-13-15)22-9-4-10-23(12-11-22)17-7-5-14(2)20-21-17/h5-8,13H,3-4,9-12H2,1-2H3. The van der Waals surface area contributed by atoms with Gasteiger partial charge in [0, 0.05) is 32.4 Å². The van der Waals surface area contributed by atoms with Crippen LogP contribution in [0.3, 0.4) is 0 Å². The molecule has 0 spiro atoms. The fraction of sp³-hybridized carbons (Fsp3) is 0.444. The predicted molar refractivity (Wildman–Crippen MR) is 96.0 cm³/mol. The third kappa shape index (κ3) is 4.23. The molecule has 1 saturated heterocycles. The first-order chi connectivity index (χ1) is 12.2. The summed E-state index contributed by atoms with van der Waals surface area (Å²) in [6.45, 7) is 7.66. The first kappa shape index (κ1) is 17.1. The van der Waals surface area contributed by atoms with Crippen LogP contribution in [-0.2, 0) is 4.74 Å². The average molecular weight is 341 g/mol. The second-order valence-corrected chi connectivity index (χ2v) is 5.99. The van der Waals surface area contributed by atoms with Gasteiger partial charge in [0.05, 0.1) is 17.9 Å². The summed E-state index contributed by atoms with van der Waals surface area (Å²) in [5.41, 5.74) is 1.41. The number of rotatable bonds is 4. The van der Waals surface area contributed by atoms with Crippen molar-refractivity contribution in [2.24, 2.45) is 0 Å². The van der Waals surface area contributed by atoms with Crippen LogP contribution in [-0.4, -0.2) is 53.9 Å². The van der Waals surface area contributed by atoms with Gasteiger partial charge in [0.25, 0.3) is 0 Å².